The Balaban J connectivity index is 1.59. The van der Waals surface area contributed by atoms with Crippen LogP contribution in [0.2, 0.25) is 0 Å². The zero-order valence-electron chi connectivity index (χ0n) is 24.1. The SMILES string of the molecule is CCCC(C)N1CC=C[C@]23O[C@@]4(C)C=CCN(c5ccc(OCC)cc5)C(=O)[C@H]4[C@H]2C(=O)N([C@H](C)CO)C3C1=O. The molecule has 2 fully saturated rings. The van der Waals surface area contributed by atoms with E-state index in [1.165, 1.54) is 4.90 Å². The Morgan fingerprint density at radius 3 is 2.33 bits per heavy atom. The Hall–Kier alpha value is -3.17. The summed E-state index contributed by atoms with van der Waals surface area (Å²) in [5, 5.41) is 10.1. The molecule has 9 nitrogen and oxygen atoms in total. The molecule has 4 heterocycles. The lowest BCUT2D eigenvalue weighted by Crippen LogP contribution is -2.59. The number of amides is 3. The predicted octanol–water partition coefficient (Wildman–Crippen LogP) is 2.93. The van der Waals surface area contributed by atoms with E-state index in [1.807, 2.05) is 69.3 Å². The molecule has 2 saturated heterocycles. The number of hydrogen-bond acceptors (Lipinski definition) is 6. The van der Waals surface area contributed by atoms with Crippen LogP contribution in [-0.2, 0) is 19.1 Å². The number of rotatable bonds is 8. The lowest BCUT2D eigenvalue weighted by atomic mass is 9.74. The average Bonchev–Trinajstić information content (AvgIpc) is 3.20. The Kier molecular flexibility index (Phi) is 7.56. The van der Waals surface area contributed by atoms with Gasteiger partial charge in [-0.05, 0) is 58.4 Å². The highest BCUT2D eigenvalue weighted by atomic mass is 16.5. The summed E-state index contributed by atoms with van der Waals surface area (Å²) in [5.74, 6) is -1.84. The standard InChI is InChI=1S/C31H41N3O6/c1-6-10-20(3)32-17-9-16-31-25(28(37)34(21(4)19-35)26(31)29(32)38)24-27(36)33(18-8-15-30(24,5)40-31)22-11-13-23(14-12-22)39-7-2/h8-9,11-16,20-21,24-26,35H,6-7,10,17-19H2,1-5H3/t20?,21-,24-,25+,26?,30+,31+/m1/s1. The van der Waals surface area contributed by atoms with Crippen molar-refractivity contribution in [2.24, 2.45) is 11.8 Å². The van der Waals surface area contributed by atoms with Gasteiger partial charge in [0.15, 0.2) is 0 Å². The second kappa shape index (κ2) is 10.7. The van der Waals surface area contributed by atoms with E-state index in [0.29, 0.717) is 31.1 Å². The fourth-order valence-electron chi connectivity index (χ4n) is 7.13. The van der Waals surface area contributed by atoms with Crippen molar-refractivity contribution in [3.05, 3.63) is 48.6 Å². The predicted molar refractivity (Wildman–Crippen MR) is 151 cm³/mol. The van der Waals surface area contributed by atoms with Gasteiger partial charge in [0.25, 0.3) is 0 Å². The molecule has 40 heavy (non-hydrogen) atoms. The third-order valence-corrected chi connectivity index (χ3v) is 8.96. The molecular weight excluding hydrogens is 510 g/mol. The second-order valence-corrected chi connectivity index (χ2v) is 11.6. The topological polar surface area (TPSA) is 99.6 Å². The minimum atomic E-state index is -1.33. The molecule has 5 rings (SSSR count). The van der Waals surface area contributed by atoms with E-state index in [1.54, 1.807) is 16.7 Å². The summed E-state index contributed by atoms with van der Waals surface area (Å²) in [4.78, 5) is 48.0. The molecule has 0 radical (unpaired) electrons. The first-order valence-electron chi connectivity index (χ1n) is 14.5. The van der Waals surface area contributed by atoms with Gasteiger partial charge in [-0.1, -0.05) is 37.6 Å². The van der Waals surface area contributed by atoms with Crippen LogP contribution in [0.15, 0.2) is 48.6 Å². The van der Waals surface area contributed by atoms with E-state index in [-0.39, 0.29) is 30.4 Å². The van der Waals surface area contributed by atoms with Crippen molar-refractivity contribution in [1.29, 1.82) is 0 Å². The minimum absolute atomic E-state index is 0.0307. The number of carbonyl (C=O) groups excluding carboxylic acids is 3. The molecule has 216 valence electrons. The monoisotopic (exact) mass is 551 g/mol. The summed E-state index contributed by atoms with van der Waals surface area (Å²) in [5.41, 5.74) is -1.74. The number of ether oxygens (including phenoxy) is 2. The number of carbonyl (C=O) groups is 3. The summed E-state index contributed by atoms with van der Waals surface area (Å²) in [7, 11) is 0. The zero-order valence-corrected chi connectivity index (χ0v) is 24.1. The summed E-state index contributed by atoms with van der Waals surface area (Å²) in [6.45, 7) is 10.5. The van der Waals surface area contributed by atoms with Gasteiger partial charge < -0.3 is 29.3 Å². The number of aliphatic hydroxyl groups excluding tert-OH is 1. The Morgan fingerprint density at radius 2 is 1.68 bits per heavy atom. The number of fused-ring (bicyclic) bond motifs is 2. The maximum absolute atomic E-state index is 14.4. The first-order valence-corrected chi connectivity index (χ1v) is 14.5. The fourth-order valence-corrected chi connectivity index (χ4v) is 7.13. The molecule has 1 aromatic rings. The van der Waals surface area contributed by atoms with Gasteiger partial charge in [-0.3, -0.25) is 14.4 Å². The van der Waals surface area contributed by atoms with Crippen LogP contribution < -0.4 is 9.64 Å². The van der Waals surface area contributed by atoms with Crippen molar-refractivity contribution in [1.82, 2.24) is 9.80 Å². The van der Waals surface area contributed by atoms with E-state index < -0.39 is 35.1 Å². The number of aliphatic hydroxyl groups is 1. The Morgan fingerprint density at radius 1 is 0.975 bits per heavy atom. The third kappa shape index (κ3) is 4.25. The van der Waals surface area contributed by atoms with Gasteiger partial charge in [0.05, 0.1) is 36.7 Å². The number of benzene rings is 1. The number of likely N-dealkylation sites (tertiary alicyclic amines) is 1. The highest BCUT2D eigenvalue weighted by molar-refractivity contribution is 6.04. The molecule has 4 aliphatic rings. The van der Waals surface area contributed by atoms with Gasteiger partial charge in [0.1, 0.15) is 17.4 Å². The van der Waals surface area contributed by atoms with Gasteiger partial charge in [-0.25, -0.2) is 0 Å². The summed E-state index contributed by atoms with van der Waals surface area (Å²) in [6, 6.07) is 5.71. The summed E-state index contributed by atoms with van der Waals surface area (Å²) in [6.07, 6.45) is 9.28. The first kappa shape index (κ1) is 28.4. The van der Waals surface area contributed by atoms with Crippen LogP contribution in [0.1, 0.15) is 47.5 Å². The Labute approximate surface area is 236 Å². The van der Waals surface area contributed by atoms with Crippen LogP contribution >= 0.6 is 0 Å². The van der Waals surface area contributed by atoms with Crippen molar-refractivity contribution in [2.75, 3.05) is 31.2 Å². The molecule has 1 spiro atoms. The molecule has 1 N–H and O–H groups in total. The summed E-state index contributed by atoms with van der Waals surface area (Å²) >= 11 is 0. The van der Waals surface area contributed by atoms with E-state index in [4.69, 9.17) is 9.47 Å². The van der Waals surface area contributed by atoms with Crippen LogP contribution in [0.3, 0.4) is 0 Å². The second-order valence-electron chi connectivity index (χ2n) is 11.6. The van der Waals surface area contributed by atoms with Crippen molar-refractivity contribution in [2.45, 2.75) is 76.8 Å². The molecule has 4 aliphatic heterocycles. The maximum atomic E-state index is 14.4. The molecule has 2 unspecified atom stereocenters. The quantitative estimate of drug-likeness (QED) is 0.499. The van der Waals surface area contributed by atoms with Gasteiger partial charge >= 0.3 is 0 Å². The normalized spacial score (nSPS) is 32.9. The highest BCUT2D eigenvalue weighted by Gasteiger charge is 2.75. The van der Waals surface area contributed by atoms with Crippen LogP contribution in [0, 0.1) is 11.8 Å². The molecular formula is C31H41N3O6. The number of hydrogen-bond donors (Lipinski definition) is 1. The van der Waals surface area contributed by atoms with Crippen molar-refractivity contribution in [3.8, 4) is 5.75 Å². The zero-order chi connectivity index (χ0) is 28.8. The molecule has 0 saturated carbocycles. The van der Waals surface area contributed by atoms with E-state index >= 15 is 0 Å². The molecule has 7 atom stereocenters. The fraction of sp³-hybridized carbons (Fsp3) is 0.581. The van der Waals surface area contributed by atoms with Crippen molar-refractivity contribution in [3.63, 3.8) is 0 Å². The van der Waals surface area contributed by atoms with Gasteiger partial charge in [-0.2, -0.15) is 0 Å². The molecule has 9 heteroatoms. The van der Waals surface area contributed by atoms with E-state index in [2.05, 4.69) is 6.92 Å². The lowest BCUT2D eigenvalue weighted by Gasteiger charge is -2.40. The van der Waals surface area contributed by atoms with Crippen LogP contribution in [-0.4, -0.2) is 88.3 Å². The highest BCUT2D eigenvalue weighted by Crippen LogP contribution is 2.58. The lowest BCUT2D eigenvalue weighted by molar-refractivity contribution is -0.155. The molecule has 0 aromatic heterocycles. The van der Waals surface area contributed by atoms with Crippen LogP contribution in [0.25, 0.3) is 0 Å². The number of anilines is 1. The van der Waals surface area contributed by atoms with E-state index in [9.17, 15) is 19.5 Å². The average molecular weight is 552 g/mol. The van der Waals surface area contributed by atoms with Crippen LogP contribution in [0.4, 0.5) is 5.69 Å². The van der Waals surface area contributed by atoms with Crippen molar-refractivity contribution < 1.29 is 29.0 Å². The largest absolute Gasteiger partial charge is 0.494 e. The molecule has 1 aromatic carbocycles. The third-order valence-electron chi connectivity index (χ3n) is 8.96. The first-order chi connectivity index (χ1) is 19.1. The Bertz CT molecular complexity index is 1210. The van der Waals surface area contributed by atoms with Gasteiger partial charge in [-0.15, -0.1) is 0 Å². The van der Waals surface area contributed by atoms with Gasteiger partial charge in [0, 0.05) is 24.8 Å². The maximum Gasteiger partial charge on any atom is 0.249 e. The van der Waals surface area contributed by atoms with Gasteiger partial charge in [0.2, 0.25) is 17.7 Å². The minimum Gasteiger partial charge on any atom is -0.494 e. The molecule has 3 amide bonds. The smallest absolute Gasteiger partial charge is 0.249 e. The summed E-state index contributed by atoms with van der Waals surface area (Å²) < 4.78 is 12.4. The van der Waals surface area contributed by atoms with Crippen LogP contribution in [0.5, 0.6) is 5.75 Å². The molecule has 0 aliphatic carbocycles. The van der Waals surface area contributed by atoms with Crippen molar-refractivity contribution >= 4 is 23.4 Å². The van der Waals surface area contributed by atoms with E-state index in [0.717, 1.165) is 12.8 Å². The molecule has 0 bridgehead atoms. The number of nitrogens with zero attached hydrogens (tertiary/aromatic N) is 3.